The Morgan fingerprint density at radius 1 is 0.571 bits per heavy atom. The topological polar surface area (TPSA) is 29.5 Å². The van der Waals surface area contributed by atoms with Gasteiger partial charge in [0.1, 0.15) is 5.75 Å². The molecule has 1 radical (unpaired) electrons. The molecule has 4 rings (SSSR count). The predicted octanol–water partition coefficient (Wildman–Crippen LogP) is 6.25. The van der Waals surface area contributed by atoms with Gasteiger partial charge in [-0.25, -0.2) is 0 Å². The molecule has 0 saturated carbocycles. The summed E-state index contributed by atoms with van der Waals surface area (Å²) >= 11 is 6.15. The second kappa shape index (κ2) is 8.34. The zero-order valence-electron chi connectivity index (χ0n) is 15.0. The van der Waals surface area contributed by atoms with Crippen molar-refractivity contribution in [3.05, 3.63) is 102 Å². The lowest BCUT2D eigenvalue weighted by Gasteiger charge is -2.10. The molecule has 0 bridgehead atoms. The summed E-state index contributed by atoms with van der Waals surface area (Å²) < 4.78 is 5.08. The van der Waals surface area contributed by atoms with Crippen LogP contribution in [0.15, 0.2) is 97.1 Å². The van der Waals surface area contributed by atoms with Crippen molar-refractivity contribution in [1.82, 2.24) is 0 Å². The third kappa shape index (κ3) is 4.11. The maximum Gasteiger partial charge on any atom is 0.569 e. The normalized spacial score (nSPS) is 10.5. The molecule has 0 heterocycles. The van der Waals surface area contributed by atoms with Crippen LogP contribution in [0.2, 0.25) is 5.02 Å². The summed E-state index contributed by atoms with van der Waals surface area (Å²) in [5.41, 5.74) is 6.58. The molecule has 0 aromatic heterocycles. The van der Waals surface area contributed by atoms with Gasteiger partial charge in [0.25, 0.3) is 0 Å². The fraction of sp³-hybridized carbons (Fsp3) is 0. The Morgan fingerprint density at radius 2 is 1.00 bits per heavy atom. The highest BCUT2D eigenvalue weighted by molar-refractivity contribution is 6.30. The number of halogens is 1. The quantitative estimate of drug-likeness (QED) is 0.413. The van der Waals surface area contributed by atoms with Gasteiger partial charge in [-0.3, -0.25) is 0 Å². The van der Waals surface area contributed by atoms with Crippen molar-refractivity contribution >= 4 is 19.3 Å². The molecule has 0 amide bonds. The lowest BCUT2D eigenvalue weighted by atomic mass is 9.96. The molecule has 0 aliphatic rings. The molecule has 28 heavy (non-hydrogen) atoms. The smallest absolute Gasteiger partial charge is 0.537 e. The minimum absolute atomic E-state index is 0.591. The molecule has 0 saturated heterocycles. The van der Waals surface area contributed by atoms with Crippen LogP contribution in [0.25, 0.3) is 33.4 Å². The minimum Gasteiger partial charge on any atom is -0.537 e. The molecule has 0 unspecified atom stereocenters. The molecular formula is C24H17BClO2. The number of benzene rings is 4. The Labute approximate surface area is 170 Å². The second-order valence-electron chi connectivity index (χ2n) is 6.42. The van der Waals surface area contributed by atoms with Crippen LogP contribution in [-0.4, -0.2) is 12.7 Å². The predicted molar refractivity (Wildman–Crippen MR) is 116 cm³/mol. The molecule has 0 aliphatic carbocycles. The van der Waals surface area contributed by atoms with Crippen LogP contribution >= 0.6 is 11.6 Å². The van der Waals surface area contributed by atoms with Gasteiger partial charge in [-0.2, -0.15) is 0 Å². The molecule has 4 aromatic rings. The molecule has 0 atom stereocenters. The van der Waals surface area contributed by atoms with E-state index in [1.807, 2.05) is 42.5 Å². The third-order valence-electron chi connectivity index (χ3n) is 4.57. The number of hydrogen-bond donors (Lipinski definition) is 1. The second-order valence-corrected chi connectivity index (χ2v) is 6.86. The Bertz CT molecular complexity index is 1110. The highest BCUT2D eigenvalue weighted by atomic mass is 35.5. The Hall–Kier alpha value is -3.01. The van der Waals surface area contributed by atoms with Gasteiger partial charge in [0, 0.05) is 5.02 Å². The molecule has 2 nitrogen and oxygen atoms in total. The average Bonchev–Trinajstić information content (AvgIpc) is 2.74. The van der Waals surface area contributed by atoms with E-state index in [9.17, 15) is 0 Å². The van der Waals surface area contributed by atoms with Gasteiger partial charge in [-0.15, -0.1) is 0 Å². The average molecular weight is 384 g/mol. The lowest BCUT2D eigenvalue weighted by Crippen LogP contribution is -1.99. The van der Waals surface area contributed by atoms with Crippen molar-refractivity contribution in [3.8, 4) is 39.1 Å². The van der Waals surface area contributed by atoms with Crippen LogP contribution in [0.5, 0.6) is 5.75 Å². The number of rotatable bonds is 5. The Balaban J connectivity index is 1.70. The molecule has 0 aliphatic heterocycles. The van der Waals surface area contributed by atoms with Crippen molar-refractivity contribution in [2.75, 3.05) is 0 Å². The number of hydrogen-bond acceptors (Lipinski definition) is 2. The summed E-state index contributed by atoms with van der Waals surface area (Å²) in [5, 5.41) is 9.58. The van der Waals surface area contributed by atoms with Gasteiger partial charge in [0.05, 0.1) is 0 Å². The molecule has 4 heteroatoms. The van der Waals surface area contributed by atoms with Crippen LogP contribution in [-0.2, 0) is 0 Å². The largest absolute Gasteiger partial charge is 0.569 e. The van der Waals surface area contributed by atoms with Gasteiger partial charge in [-0.05, 0) is 69.8 Å². The van der Waals surface area contributed by atoms with Crippen LogP contribution in [0, 0.1) is 0 Å². The van der Waals surface area contributed by atoms with Crippen molar-refractivity contribution in [2.45, 2.75) is 0 Å². The van der Waals surface area contributed by atoms with E-state index in [1.54, 1.807) is 6.07 Å². The molecule has 135 valence electrons. The monoisotopic (exact) mass is 383 g/mol. The zero-order valence-corrected chi connectivity index (χ0v) is 15.8. The Kier molecular flexibility index (Phi) is 5.47. The molecule has 1 N–H and O–H groups in total. The summed E-state index contributed by atoms with van der Waals surface area (Å²) in [6.45, 7) is 0. The van der Waals surface area contributed by atoms with E-state index < -0.39 is 0 Å². The van der Waals surface area contributed by atoms with E-state index in [2.05, 4.69) is 48.5 Å². The van der Waals surface area contributed by atoms with Gasteiger partial charge in [0.15, 0.2) is 0 Å². The van der Waals surface area contributed by atoms with Gasteiger partial charge >= 0.3 is 7.69 Å². The molecule has 0 fully saturated rings. The van der Waals surface area contributed by atoms with Gasteiger partial charge < -0.3 is 9.68 Å². The zero-order chi connectivity index (χ0) is 19.3. The van der Waals surface area contributed by atoms with Crippen molar-refractivity contribution < 1.29 is 9.68 Å². The van der Waals surface area contributed by atoms with Crippen LogP contribution in [0.3, 0.4) is 0 Å². The lowest BCUT2D eigenvalue weighted by molar-refractivity contribution is 0.454. The van der Waals surface area contributed by atoms with E-state index in [4.69, 9.17) is 21.3 Å². The van der Waals surface area contributed by atoms with Crippen molar-refractivity contribution in [2.24, 2.45) is 0 Å². The molecule has 0 spiro atoms. The van der Waals surface area contributed by atoms with E-state index in [0.29, 0.717) is 13.4 Å². The van der Waals surface area contributed by atoms with E-state index in [1.165, 1.54) is 0 Å². The first-order valence-corrected chi connectivity index (χ1v) is 9.30. The van der Waals surface area contributed by atoms with Crippen LogP contribution < -0.4 is 4.65 Å². The maximum absolute atomic E-state index is 8.86. The highest BCUT2D eigenvalue weighted by Crippen LogP contribution is 2.31. The van der Waals surface area contributed by atoms with Gasteiger partial charge in [-0.1, -0.05) is 72.3 Å². The maximum atomic E-state index is 8.86. The van der Waals surface area contributed by atoms with Gasteiger partial charge in [0.2, 0.25) is 0 Å². The summed E-state index contributed by atoms with van der Waals surface area (Å²) in [6.07, 6.45) is 0. The van der Waals surface area contributed by atoms with Crippen molar-refractivity contribution in [3.63, 3.8) is 0 Å². The Morgan fingerprint density at radius 3 is 1.50 bits per heavy atom. The van der Waals surface area contributed by atoms with E-state index in [0.717, 1.165) is 38.4 Å². The molecule has 4 aromatic carbocycles. The van der Waals surface area contributed by atoms with E-state index in [-0.39, 0.29) is 0 Å². The van der Waals surface area contributed by atoms with Crippen LogP contribution in [0.1, 0.15) is 0 Å². The first-order chi connectivity index (χ1) is 13.7. The highest BCUT2D eigenvalue weighted by Gasteiger charge is 2.06. The first-order valence-electron chi connectivity index (χ1n) is 8.92. The summed E-state index contributed by atoms with van der Waals surface area (Å²) in [4.78, 5) is 0. The fourth-order valence-corrected chi connectivity index (χ4v) is 3.42. The SMILES string of the molecule is O[B]Oc1cccc(-c2cccc(-c3cccc(-c4cccc(Cl)c4)c3)c2)c1. The van der Waals surface area contributed by atoms with E-state index >= 15 is 0 Å². The minimum atomic E-state index is 0.591. The van der Waals surface area contributed by atoms with Crippen LogP contribution in [0.4, 0.5) is 0 Å². The summed E-state index contributed by atoms with van der Waals surface area (Å²) in [5.74, 6) is 0.591. The molecular weight excluding hydrogens is 367 g/mol. The third-order valence-corrected chi connectivity index (χ3v) is 4.81. The first kappa shape index (κ1) is 18.4. The standard InChI is InChI=1S/C24H17BClO2/c26-23-11-3-9-21(15-23)19-7-1-5-17(13-19)18-6-2-8-20(14-18)22-10-4-12-24(16-22)28-25-27/h1-16,27H. The summed E-state index contributed by atoms with van der Waals surface area (Å²) in [7, 11) is 0.691. The fourth-order valence-electron chi connectivity index (χ4n) is 3.23. The summed E-state index contributed by atoms with van der Waals surface area (Å²) in [6, 6.07) is 32.3. The van der Waals surface area contributed by atoms with Crippen molar-refractivity contribution in [1.29, 1.82) is 0 Å².